The SMILES string of the molecule is CCCCN1CC[C@]23c4c5ccc(O)c4O[C@H]2c2[nH]c4ccccc4c2C[C@@]3(O)[C@H]1C5. The summed E-state index contributed by atoms with van der Waals surface area (Å²) in [6.45, 7) is 4.20. The first-order chi connectivity index (χ1) is 15.1. The van der Waals surface area contributed by atoms with E-state index in [0.29, 0.717) is 12.2 Å². The number of para-hydroxylation sites is 1. The lowest BCUT2D eigenvalue weighted by molar-refractivity contribution is -0.172. The molecule has 7 rings (SSSR count). The molecule has 0 radical (unpaired) electrons. The summed E-state index contributed by atoms with van der Waals surface area (Å²) in [5.74, 6) is 0.780. The third-order valence-electron chi connectivity index (χ3n) is 8.68. The summed E-state index contributed by atoms with van der Waals surface area (Å²) >= 11 is 0. The number of aromatic hydroxyl groups is 1. The van der Waals surface area contributed by atoms with Crippen LogP contribution >= 0.6 is 0 Å². The van der Waals surface area contributed by atoms with Crippen molar-refractivity contribution in [2.75, 3.05) is 13.1 Å². The molecule has 3 heterocycles. The second-order valence-corrected chi connectivity index (χ2v) is 9.94. The van der Waals surface area contributed by atoms with Crippen molar-refractivity contribution in [3.05, 3.63) is 58.8 Å². The fourth-order valence-corrected chi connectivity index (χ4v) is 7.35. The number of H-pyrrole nitrogens is 1. The van der Waals surface area contributed by atoms with E-state index in [4.69, 9.17) is 4.74 Å². The molecular weight excluding hydrogens is 388 g/mol. The largest absolute Gasteiger partial charge is 0.504 e. The van der Waals surface area contributed by atoms with Crippen molar-refractivity contribution in [3.8, 4) is 11.5 Å². The Morgan fingerprint density at radius 3 is 2.97 bits per heavy atom. The molecular formula is C26H28N2O3. The smallest absolute Gasteiger partial charge is 0.166 e. The minimum Gasteiger partial charge on any atom is -0.504 e. The summed E-state index contributed by atoms with van der Waals surface area (Å²) in [7, 11) is 0. The number of hydrogen-bond donors (Lipinski definition) is 3. The van der Waals surface area contributed by atoms with Gasteiger partial charge in [0.1, 0.15) is 0 Å². The van der Waals surface area contributed by atoms with E-state index in [9.17, 15) is 10.2 Å². The summed E-state index contributed by atoms with van der Waals surface area (Å²) in [5.41, 5.74) is 4.20. The first kappa shape index (κ1) is 18.1. The monoisotopic (exact) mass is 416 g/mol. The van der Waals surface area contributed by atoms with Crippen LogP contribution in [0, 0.1) is 0 Å². The Morgan fingerprint density at radius 2 is 2.10 bits per heavy atom. The molecule has 31 heavy (non-hydrogen) atoms. The second kappa shape index (κ2) is 5.84. The van der Waals surface area contributed by atoms with E-state index in [-0.39, 0.29) is 17.9 Å². The molecule has 1 saturated heterocycles. The Bertz CT molecular complexity index is 1230. The Kier molecular flexibility index (Phi) is 3.41. The zero-order valence-electron chi connectivity index (χ0n) is 17.8. The van der Waals surface area contributed by atoms with E-state index in [1.807, 2.05) is 6.07 Å². The molecule has 1 aromatic heterocycles. The van der Waals surface area contributed by atoms with Gasteiger partial charge in [0.25, 0.3) is 0 Å². The van der Waals surface area contributed by atoms with Crippen LogP contribution in [0.2, 0.25) is 0 Å². The fourth-order valence-electron chi connectivity index (χ4n) is 7.35. The van der Waals surface area contributed by atoms with Gasteiger partial charge in [-0.3, -0.25) is 4.90 Å². The number of hydrogen-bond acceptors (Lipinski definition) is 4. The van der Waals surface area contributed by atoms with Gasteiger partial charge in [-0.2, -0.15) is 0 Å². The van der Waals surface area contributed by atoms with Crippen molar-refractivity contribution in [2.24, 2.45) is 0 Å². The van der Waals surface area contributed by atoms with Crippen LogP contribution < -0.4 is 4.74 Å². The number of rotatable bonds is 3. The third-order valence-corrected chi connectivity index (χ3v) is 8.68. The molecule has 1 fully saturated rings. The number of fused-ring (bicyclic) bond motifs is 4. The van der Waals surface area contributed by atoms with Gasteiger partial charge in [-0.15, -0.1) is 0 Å². The molecule has 0 unspecified atom stereocenters. The summed E-state index contributed by atoms with van der Waals surface area (Å²) < 4.78 is 6.59. The van der Waals surface area contributed by atoms with Gasteiger partial charge < -0.3 is 19.9 Å². The molecule has 0 amide bonds. The van der Waals surface area contributed by atoms with Crippen molar-refractivity contribution < 1.29 is 14.9 Å². The van der Waals surface area contributed by atoms with Crippen LogP contribution in [0.5, 0.6) is 11.5 Å². The fraction of sp³-hybridized carbons (Fsp3) is 0.462. The first-order valence-electron chi connectivity index (χ1n) is 11.7. The second-order valence-electron chi connectivity index (χ2n) is 9.94. The predicted molar refractivity (Wildman–Crippen MR) is 119 cm³/mol. The van der Waals surface area contributed by atoms with E-state index in [1.54, 1.807) is 6.07 Å². The van der Waals surface area contributed by atoms with Gasteiger partial charge in [0.15, 0.2) is 17.6 Å². The van der Waals surface area contributed by atoms with E-state index < -0.39 is 11.0 Å². The van der Waals surface area contributed by atoms with Crippen molar-refractivity contribution >= 4 is 10.9 Å². The number of piperidine rings is 1. The van der Waals surface area contributed by atoms with Crippen LogP contribution in [0.3, 0.4) is 0 Å². The quantitative estimate of drug-likeness (QED) is 0.605. The van der Waals surface area contributed by atoms with Gasteiger partial charge in [-0.05, 0) is 55.6 Å². The van der Waals surface area contributed by atoms with E-state index in [1.165, 1.54) is 16.5 Å². The average molecular weight is 417 g/mol. The maximum atomic E-state index is 12.7. The Balaban J connectivity index is 1.52. The molecule has 3 aromatic rings. The molecule has 1 spiro atoms. The lowest BCUT2D eigenvalue weighted by Crippen LogP contribution is -2.74. The molecule has 0 saturated carbocycles. The van der Waals surface area contributed by atoms with E-state index in [2.05, 4.69) is 41.1 Å². The van der Waals surface area contributed by atoms with Gasteiger partial charge in [0, 0.05) is 28.9 Å². The lowest BCUT2D eigenvalue weighted by atomic mass is 9.49. The number of likely N-dealkylation sites (tertiary alicyclic amines) is 1. The topological polar surface area (TPSA) is 68.7 Å². The number of aromatic amines is 1. The summed E-state index contributed by atoms with van der Waals surface area (Å²) in [6, 6.07) is 12.2. The summed E-state index contributed by atoms with van der Waals surface area (Å²) in [5, 5.41) is 24.6. The number of nitrogens with one attached hydrogen (secondary N) is 1. The molecule has 5 nitrogen and oxygen atoms in total. The number of phenolic OH excluding ortho intramolecular Hbond substituents is 1. The predicted octanol–water partition coefficient (Wildman–Crippen LogP) is 3.96. The van der Waals surface area contributed by atoms with Gasteiger partial charge in [0.05, 0.1) is 16.7 Å². The zero-order valence-corrected chi connectivity index (χ0v) is 17.8. The third kappa shape index (κ3) is 1.96. The molecule has 2 aliphatic heterocycles. The van der Waals surface area contributed by atoms with Crippen LogP contribution in [0.4, 0.5) is 0 Å². The molecule has 2 aromatic carbocycles. The van der Waals surface area contributed by atoms with Crippen LogP contribution in [-0.2, 0) is 18.3 Å². The normalized spacial score (nSPS) is 32.6. The van der Waals surface area contributed by atoms with E-state index in [0.717, 1.165) is 55.5 Å². The number of benzene rings is 2. The lowest BCUT2D eigenvalue weighted by Gasteiger charge is -2.62. The molecule has 4 aliphatic rings. The minimum atomic E-state index is -0.923. The standard InChI is InChI=1S/C26H28N2O3/c1-2-3-11-28-12-10-25-21-15-8-9-19(29)23(21)31-24(25)22-17(14-26(25,30)20(28)13-15)16-6-4-5-7-18(16)27-22/h4-9,20,24,27,29-30H,2-3,10-14H2,1H3/t20-,24+,25+,26-/m1/s1. The van der Waals surface area contributed by atoms with Gasteiger partial charge in [-0.25, -0.2) is 0 Å². The average Bonchev–Trinajstić information content (AvgIpc) is 3.30. The van der Waals surface area contributed by atoms with Gasteiger partial charge in [0.2, 0.25) is 0 Å². The minimum absolute atomic E-state index is 0.0590. The van der Waals surface area contributed by atoms with Crippen LogP contribution in [0.1, 0.15) is 54.7 Å². The number of aliphatic hydroxyl groups is 1. The maximum absolute atomic E-state index is 12.7. The van der Waals surface area contributed by atoms with Crippen molar-refractivity contribution in [1.29, 1.82) is 0 Å². The Morgan fingerprint density at radius 1 is 1.23 bits per heavy atom. The first-order valence-corrected chi connectivity index (χ1v) is 11.7. The van der Waals surface area contributed by atoms with Gasteiger partial charge in [-0.1, -0.05) is 37.6 Å². The highest BCUT2D eigenvalue weighted by atomic mass is 16.5. The van der Waals surface area contributed by atoms with Crippen LogP contribution in [0.15, 0.2) is 36.4 Å². The van der Waals surface area contributed by atoms with E-state index >= 15 is 0 Å². The Hall–Kier alpha value is -2.50. The molecule has 4 atom stereocenters. The number of unbranched alkanes of at least 4 members (excludes halogenated alkanes) is 1. The number of aromatic nitrogens is 1. The summed E-state index contributed by atoms with van der Waals surface area (Å²) in [4.78, 5) is 6.16. The molecule has 2 aliphatic carbocycles. The van der Waals surface area contributed by atoms with Crippen LogP contribution in [0.25, 0.3) is 10.9 Å². The molecule has 2 bridgehead atoms. The van der Waals surface area contributed by atoms with Crippen molar-refractivity contribution in [3.63, 3.8) is 0 Å². The van der Waals surface area contributed by atoms with Gasteiger partial charge >= 0.3 is 0 Å². The Labute approximate surface area is 181 Å². The molecule has 3 N–H and O–H groups in total. The summed E-state index contributed by atoms with van der Waals surface area (Å²) in [6.07, 6.45) is 4.26. The molecule has 5 heteroatoms. The zero-order chi connectivity index (χ0) is 21.0. The molecule has 160 valence electrons. The maximum Gasteiger partial charge on any atom is 0.166 e. The number of phenols is 1. The number of ether oxygens (including phenoxy) is 1. The van der Waals surface area contributed by atoms with Crippen molar-refractivity contribution in [2.45, 2.75) is 62.2 Å². The highest BCUT2D eigenvalue weighted by Gasteiger charge is 2.72. The van der Waals surface area contributed by atoms with Crippen molar-refractivity contribution in [1.82, 2.24) is 9.88 Å². The highest BCUT2D eigenvalue weighted by Crippen LogP contribution is 2.68. The number of nitrogens with zero attached hydrogens (tertiary/aromatic N) is 1. The highest BCUT2D eigenvalue weighted by molar-refractivity contribution is 5.86. The van der Waals surface area contributed by atoms with Crippen LogP contribution in [-0.4, -0.2) is 44.8 Å².